The Balaban J connectivity index is 2.43. The Bertz CT molecular complexity index is 429. The van der Waals surface area contributed by atoms with E-state index in [2.05, 4.69) is 40.2 Å². The Hall–Kier alpha value is -1.07. The third-order valence-electron chi connectivity index (χ3n) is 2.81. The monoisotopic (exact) mass is 261 g/mol. The molecule has 1 aliphatic carbocycles. The molecular formula is C13H12BrN. The van der Waals surface area contributed by atoms with Crippen molar-refractivity contribution in [1.29, 1.82) is 5.26 Å². The summed E-state index contributed by atoms with van der Waals surface area (Å²) in [6.07, 6.45) is 7.99. The van der Waals surface area contributed by atoms with Gasteiger partial charge in [0.2, 0.25) is 0 Å². The zero-order chi connectivity index (χ0) is 10.7. The highest BCUT2D eigenvalue weighted by molar-refractivity contribution is 9.10. The summed E-state index contributed by atoms with van der Waals surface area (Å²) in [4.78, 5) is 0. The maximum absolute atomic E-state index is 9.13. The first-order chi connectivity index (χ1) is 7.33. The maximum atomic E-state index is 9.13. The third kappa shape index (κ3) is 2.13. The summed E-state index contributed by atoms with van der Waals surface area (Å²) in [5, 5.41) is 9.13. The van der Waals surface area contributed by atoms with Crippen LogP contribution in [0, 0.1) is 11.3 Å². The van der Waals surface area contributed by atoms with Crippen molar-refractivity contribution >= 4 is 15.9 Å². The molecule has 0 aliphatic heterocycles. The molecule has 0 aromatic heterocycles. The van der Waals surface area contributed by atoms with Gasteiger partial charge < -0.3 is 0 Å². The maximum Gasteiger partial charge on any atom is 0.101 e. The third-order valence-corrected chi connectivity index (χ3v) is 3.47. The molecule has 1 unspecified atom stereocenters. The molecule has 0 N–H and O–H groups in total. The Morgan fingerprint density at radius 3 is 2.93 bits per heavy atom. The zero-order valence-corrected chi connectivity index (χ0v) is 10.00. The van der Waals surface area contributed by atoms with Crippen LogP contribution in [0.15, 0.2) is 34.8 Å². The van der Waals surface area contributed by atoms with Crippen LogP contribution in [0.4, 0.5) is 0 Å². The van der Waals surface area contributed by atoms with Crippen molar-refractivity contribution in [2.24, 2.45) is 0 Å². The van der Waals surface area contributed by atoms with Crippen molar-refractivity contribution in [3.05, 3.63) is 46.0 Å². The van der Waals surface area contributed by atoms with Crippen LogP contribution in [0.5, 0.6) is 0 Å². The predicted octanol–water partition coefficient (Wildman–Crippen LogP) is 4.14. The largest absolute Gasteiger partial charge is 0.192 e. The molecule has 15 heavy (non-hydrogen) atoms. The fourth-order valence-electron chi connectivity index (χ4n) is 2.04. The lowest BCUT2D eigenvalue weighted by Crippen LogP contribution is -2.02. The van der Waals surface area contributed by atoms with Crippen LogP contribution < -0.4 is 0 Å². The van der Waals surface area contributed by atoms with E-state index >= 15 is 0 Å². The summed E-state index contributed by atoms with van der Waals surface area (Å²) in [5.41, 5.74) is 1.94. The van der Waals surface area contributed by atoms with Crippen LogP contribution in [0.2, 0.25) is 0 Å². The number of benzene rings is 1. The molecule has 1 nitrogen and oxygen atoms in total. The van der Waals surface area contributed by atoms with E-state index < -0.39 is 0 Å². The van der Waals surface area contributed by atoms with Crippen molar-refractivity contribution < 1.29 is 0 Å². The van der Waals surface area contributed by atoms with E-state index in [0.717, 1.165) is 22.0 Å². The topological polar surface area (TPSA) is 23.8 Å². The van der Waals surface area contributed by atoms with Crippen molar-refractivity contribution in [3.63, 3.8) is 0 Å². The summed E-state index contributed by atoms with van der Waals surface area (Å²) in [6, 6.07) is 8.27. The summed E-state index contributed by atoms with van der Waals surface area (Å²) >= 11 is 3.43. The number of nitrogens with zero attached hydrogens (tertiary/aromatic N) is 1. The molecule has 0 fully saturated rings. The molecule has 0 spiro atoms. The van der Waals surface area contributed by atoms with Crippen molar-refractivity contribution in [3.8, 4) is 6.07 Å². The fraction of sp³-hybridized carbons (Fsp3) is 0.308. The minimum absolute atomic E-state index is 0.422. The van der Waals surface area contributed by atoms with Crippen LogP contribution in [-0.4, -0.2) is 0 Å². The average Bonchev–Trinajstić information content (AvgIpc) is 2.30. The van der Waals surface area contributed by atoms with Crippen LogP contribution in [0.3, 0.4) is 0 Å². The highest BCUT2D eigenvalue weighted by Crippen LogP contribution is 2.32. The smallest absolute Gasteiger partial charge is 0.101 e. The highest BCUT2D eigenvalue weighted by atomic mass is 79.9. The molecule has 2 rings (SSSR count). The number of nitriles is 1. The molecule has 1 aromatic rings. The highest BCUT2D eigenvalue weighted by Gasteiger charge is 2.15. The number of hydrogen-bond donors (Lipinski definition) is 0. The summed E-state index contributed by atoms with van der Waals surface area (Å²) in [7, 11) is 0. The van der Waals surface area contributed by atoms with Gasteiger partial charge in [-0.05, 0) is 46.8 Å². The van der Waals surface area contributed by atoms with Gasteiger partial charge in [0.15, 0.2) is 0 Å². The second kappa shape index (κ2) is 4.63. The summed E-state index contributed by atoms with van der Waals surface area (Å²) in [6.45, 7) is 0. The van der Waals surface area contributed by atoms with E-state index in [1.165, 1.54) is 12.8 Å². The average molecular weight is 262 g/mol. The molecule has 0 saturated heterocycles. The molecule has 1 aliphatic rings. The van der Waals surface area contributed by atoms with Gasteiger partial charge in [-0.15, -0.1) is 0 Å². The Labute approximate surface area is 98.6 Å². The van der Waals surface area contributed by atoms with Gasteiger partial charge in [-0.1, -0.05) is 24.3 Å². The van der Waals surface area contributed by atoms with Crippen LogP contribution >= 0.6 is 15.9 Å². The lowest BCUT2D eigenvalue weighted by atomic mass is 9.87. The van der Waals surface area contributed by atoms with Gasteiger partial charge in [0, 0.05) is 10.4 Å². The van der Waals surface area contributed by atoms with E-state index in [4.69, 9.17) is 5.26 Å². The summed E-state index contributed by atoms with van der Waals surface area (Å²) in [5.74, 6) is 0.422. The molecule has 0 amide bonds. The lowest BCUT2D eigenvalue weighted by Gasteiger charge is -2.18. The predicted molar refractivity (Wildman–Crippen MR) is 64.6 cm³/mol. The normalized spacial score (nSPS) is 19.9. The molecule has 1 aromatic carbocycles. The second-order valence-electron chi connectivity index (χ2n) is 3.78. The number of allylic oxidation sites excluding steroid dienone is 2. The quantitative estimate of drug-likeness (QED) is 0.697. The number of rotatable bonds is 1. The van der Waals surface area contributed by atoms with Gasteiger partial charge in [0.1, 0.15) is 6.07 Å². The minimum Gasteiger partial charge on any atom is -0.192 e. The fourth-order valence-corrected chi connectivity index (χ4v) is 2.51. The van der Waals surface area contributed by atoms with E-state index in [0.29, 0.717) is 5.92 Å². The van der Waals surface area contributed by atoms with Crippen molar-refractivity contribution in [1.82, 2.24) is 0 Å². The van der Waals surface area contributed by atoms with E-state index in [1.807, 2.05) is 12.1 Å². The van der Waals surface area contributed by atoms with Gasteiger partial charge in [-0.25, -0.2) is 0 Å². The molecule has 0 bridgehead atoms. The SMILES string of the molecule is N#Cc1c(Br)cccc1C1C=CCCC1. The number of halogens is 1. The molecule has 76 valence electrons. The molecule has 0 heterocycles. The van der Waals surface area contributed by atoms with Gasteiger partial charge in [-0.2, -0.15) is 5.26 Å². The van der Waals surface area contributed by atoms with E-state index in [-0.39, 0.29) is 0 Å². The molecular weight excluding hydrogens is 250 g/mol. The van der Waals surface area contributed by atoms with E-state index in [9.17, 15) is 0 Å². The van der Waals surface area contributed by atoms with Gasteiger partial charge in [-0.3, -0.25) is 0 Å². The van der Waals surface area contributed by atoms with Gasteiger partial charge in [0.05, 0.1) is 5.56 Å². The first-order valence-corrected chi connectivity index (χ1v) is 5.97. The van der Waals surface area contributed by atoms with E-state index in [1.54, 1.807) is 0 Å². The molecule has 1 atom stereocenters. The second-order valence-corrected chi connectivity index (χ2v) is 4.64. The van der Waals surface area contributed by atoms with Gasteiger partial charge in [0.25, 0.3) is 0 Å². The Kier molecular flexibility index (Phi) is 3.23. The van der Waals surface area contributed by atoms with Gasteiger partial charge >= 0.3 is 0 Å². The van der Waals surface area contributed by atoms with Crippen molar-refractivity contribution in [2.45, 2.75) is 25.2 Å². The zero-order valence-electron chi connectivity index (χ0n) is 8.41. The Morgan fingerprint density at radius 2 is 2.27 bits per heavy atom. The standard InChI is InChI=1S/C13H12BrN/c14-13-8-4-7-11(12(13)9-15)10-5-2-1-3-6-10/h2,4-5,7-8,10H,1,3,6H2. The number of hydrogen-bond acceptors (Lipinski definition) is 1. The first kappa shape index (κ1) is 10.4. The minimum atomic E-state index is 0.422. The van der Waals surface area contributed by atoms with Crippen molar-refractivity contribution in [2.75, 3.05) is 0 Å². The Morgan fingerprint density at radius 1 is 1.40 bits per heavy atom. The lowest BCUT2D eigenvalue weighted by molar-refractivity contribution is 0.653. The van der Waals surface area contributed by atoms with Crippen LogP contribution in [-0.2, 0) is 0 Å². The van der Waals surface area contributed by atoms with Crippen LogP contribution in [0.1, 0.15) is 36.3 Å². The molecule has 2 heteroatoms. The first-order valence-electron chi connectivity index (χ1n) is 5.18. The molecule has 0 radical (unpaired) electrons. The summed E-state index contributed by atoms with van der Waals surface area (Å²) < 4.78 is 0.904. The molecule has 0 saturated carbocycles. The van der Waals surface area contributed by atoms with Crippen LogP contribution in [0.25, 0.3) is 0 Å².